The molecule has 150 valence electrons. The zero-order chi connectivity index (χ0) is 20.4. The molecule has 0 bridgehead atoms. The molecule has 1 amide bonds. The molecule has 0 aromatic heterocycles. The molecule has 1 aromatic carbocycles. The van der Waals surface area contributed by atoms with Crippen LogP contribution < -0.4 is 10.1 Å². The highest BCUT2D eigenvalue weighted by molar-refractivity contribution is 5.99. The number of ether oxygens (including phenoxy) is 1. The smallest absolute Gasteiger partial charge is 0.422 e. The summed E-state index contributed by atoms with van der Waals surface area (Å²) in [4.78, 5) is 24.9. The fraction of sp³-hybridized carbons (Fsp3) is 0.600. The van der Waals surface area contributed by atoms with E-state index in [2.05, 4.69) is 5.32 Å². The van der Waals surface area contributed by atoms with Crippen molar-refractivity contribution >= 4 is 11.7 Å². The second-order valence-corrected chi connectivity index (χ2v) is 8.09. The molecule has 1 saturated carbocycles. The van der Waals surface area contributed by atoms with E-state index in [9.17, 15) is 22.8 Å². The van der Waals surface area contributed by atoms with E-state index in [1.165, 1.54) is 13.1 Å². The third-order valence-electron chi connectivity index (χ3n) is 4.74. The zero-order valence-electron chi connectivity index (χ0n) is 16.1. The molecule has 0 unspecified atom stereocenters. The van der Waals surface area contributed by atoms with Crippen molar-refractivity contribution in [1.29, 1.82) is 0 Å². The second-order valence-electron chi connectivity index (χ2n) is 8.09. The maximum absolute atomic E-state index is 12.7. The predicted octanol–water partition coefficient (Wildman–Crippen LogP) is 4.49. The molecule has 1 aliphatic rings. The quantitative estimate of drug-likeness (QED) is 0.704. The maximum Gasteiger partial charge on any atom is 0.422 e. The molecule has 0 heterocycles. The molecule has 0 spiro atoms. The summed E-state index contributed by atoms with van der Waals surface area (Å²) in [6.45, 7) is 4.21. The minimum atomic E-state index is -4.45. The van der Waals surface area contributed by atoms with Crippen molar-refractivity contribution in [3.63, 3.8) is 0 Å². The highest BCUT2D eigenvalue weighted by Crippen LogP contribution is 2.45. The lowest BCUT2D eigenvalue weighted by Gasteiger charge is -2.28. The van der Waals surface area contributed by atoms with E-state index in [4.69, 9.17) is 4.74 Å². The van der Waals surface area contributed by atoms with Gasteiger partial charge >= 0.3 is 6.18 Å². The van der Waals surface area contributed by atoms with Gasteiger partial charge in [0, 0.05) is 24.9 Å². The van der Waals surface area contributed by atoms with Gasteiger partial charge in [0.05, 0.1) is 0 Å². The van der Waals surface area contributed by atoms with Crippen LogP contribution in [0.25, 0.3) is 0 Å². The molecule has 1 N–H and O–H groups in total. The van der Waals surface area contributed by atoms with Crippen molar-refractivity contribution in [2.75, 3.05) is 13.7 Å². The minimum Gasteiger partial charge on any atom is -0.484 e. The summed E-state index contributed by atoms with van der Waals surface area (Å²) in [5.41, 5.74) is 0.531. The van der Waals surface area contributed by atoms with Crippen molar-refractivity contribution in [3.8, 4) is 5.75 Å². The number of ketones is 1. The van der Waals surface area contributed by atoms with Gasteiger partial charge in [0.15, 0.2) is 12.4 Å². The first-order chi connectivity index (χ1) is 12.4. The zero-order valence-corrected chi connectivity index (χ0v) is 16.1. The van der Waals surface area contributed by atoms with Gasteiger partial charge in [-0.2, -0.15) is 13.2 Å². The summed E-state index contributed by atoms with van der Waals surface area (Å²) in [5.74, 6) is -0.784. The maximum atomic E-state index is 12.7. The summed E-state index contributed by atoms with van der Waals surface area (Å²) in [7, 11) is 1.51. The highest BCUT2D eigenvalue weighted by Gasteiger charge is 2.34. The van der Waals surface area contributed by atoms with Crippen molar-refractivity contribution in [1.82, 2.24) is 5.32 Å². The second kappa shape index (κ2) is 7.90. The van der Waals surface area contributed by atoms with Gasteiger partial charge < -0.3 is 10.1 Å². The van der Waals surface area contributed by atoms with Gasteiger partial charge in [-0.05, 0) is 35.8 Å². The average Bonchev–Trinajstić information content (AvgIpc) is 3.39. The Morgan fingerprint density at radius 1 is 1.22 bits per heavy atom. The lowest BCUT2D eigenvalue weighted by Crippen LogP contribution is -2.37. The van der Waals surface area contributed by atoms with Crippen molar-refractivity contribution in [2.45, 2.75) is 52.1 Å². The van der Waals surface area contributed by atoms with Crippen LogP contribution in [-0.2, 0) is 4.79 Å². The van der Waals surface area contributed by atoms with Crippen LogP contribution in [0.2, 0.25) is 0 Å². The van der Waals surface area contributed by atoms with Gasteiger partial charge in [0.2, 0.25) is 5.91 Å². The SMILES string of the molecule is CNC(=O)[C@@H](CC(=O)c1ccc(C2CC2)c(OCC(F)(F)F)c1)C(C)(C)C. The number of alkyl halides is 3. The molecule has 1 fully saturated rings. The van der Waals surface area contributed by atoms with Gasteiger partial charge in [-0.3, -0.25) is 9.59 Å². The summed E-state index contributed by atoms with van der Waals surface area (Å²) in [6.07, 6.45) is -2.67. The summed E-state index contributed by atoms with van der Waals surface area (Å²) in [6, 6.07) is 4.66. The van der Waals surface area contributed by atoms with Crippen LogP contribution in [0.5, 0.6) is 5.75 Å². The topological polar surface area (TPSA) is 55.4 Å². The first-order valence-corrected chi connectivity index (χ1v) is 9.00. The van der Waals surface area contributed by atoms with Crippen LogP contribution in [0, 0.1) is 11.3 Å². The predicted molar refractivity (Wildman–Crippen MR) is 95.9 cm³/mol. The van der Waals surface area contributed by atoms with Crippen molar-refractivity contribution in [3.05, 3.63) is 29.3 Å². The third-order valence-corrected chi connectivity index (χ3v) is 4.74. The molecule has 0 radical (unpaired) electrons. The van der Waals surface area contributed by atoms with Crippen LogP contribution in [0.4, 0.5) is 13.2 Å². The Bertz CT molecular complexity index is 703. The molecule has 1 aliphatic carbocycles. The van der Waals surface area contributed by atoms with E-state index in [-0.39, 0.29) is 35.3 Å². The molecule has 7 heteroatoms. The standard InChI is InChI=1S/C20H26F3NO3/c1-19(2,3)15(18(26)24-4)10-16(25)13-7-8-14(12-5-6-12)17(9-13)27-11-20(21,22)23/h7-9,12,15H,5-6,10-11H2,1-4H3,(H,24,26)/t15-/m1/s1. The number of carbonyl (C=O) groups excluding carboxylic acids is 2. The Labute approximate surface area is 157 Å². The van der Waals surface area contributed by atoms with E-state index in [1.807, 2.05) is 20.8 Å². The van der Waals surface area contributed by atoms with Gasteiger partial charge in [-0.15, -0.1) is 0 Å². The Balaban J connectivity index is 2.23. The summed E-state index contributed by atoms with van der Waals surface area (Å²) in [5, 5.41) is 2.57. The molecular formula is C20H26F3NO3. The number of nitrogens with one attached hydrogen (secondary N) is 1. The van der Waals surface area contributed by atoms with Crippen molar-refractivity contribution in [2.24, 2.45) is 11.3 Å². The number of rotatable bonds is 7. The summed E-state index contributed by atoms with van der Waals surface area (Å²) >= 11 is 0. The Morgan fingerprint density at radius 3 is 2.33 bits per heavy atom. The monoisotopic (exact) mass is 385 g/mol. The van der Waals surface area contributed by atoms with Gasteiger partial charge in [-0.1, -0.05) is 32.9 Å². The molecule has 2 rings (SSSR count). The number of Topliss-reactive ketones (excluding diaryl/α,β-unsaturated/α-hetero) is 1. The minimum absolute atomic E-state index is 0.0232. The number of halogens is 3. The van der Waals surface area contributed by atoms with Crippen LogP contribution in [0.1, 0.15) is 61.9 Å². The van der Waals surface area contributed by atoms with E-state index in [1.54, 1.807) is 12.1 Å². The van der Waals surface area contributed by atoms with Gasteiger partial charge in [-0.25, -0.2) is 0 Å². The number of hydrogen-bond donors (Lipinski definition) is 1. The van der Waals surface area contributed by atoms with Gasteiger partial charge in [0.1, 0.15) is 5.75 Å². The first-order valence-electron chi connectivity index (χ1n) is 9.00. The van der Waals surface area contributed by atoms with Crippen molar-refractivity contribution < 1.29 is 27.5 Å². The lowest BCUT2D eigenvalue weighted by atomic mass is 9.76. The lowest BCUT2D eigenvalue weighted by molar-refractivity contribution is -0.153. The number of benzene rings is 1. The van der Waals surface area contributed by atoms with Crippen LogP contribution in [-0.4, -0.2) is 31.5 Å². The summed E-state index contributed by atoms with van der Waals surface area (Å²) < 4.78 is 42.6. The molecular weight excluding hydrogens is 359 g/mol. The highest BCUT2D eigenvalue weighted by atomic mass is 19.4. The fourth-order valence-electron chi connectivity index (χ4n) is 2.99. The van der Waals surface area contributed by atoms with E-state index < -0.39 is 24.1 Å². The Hall–Kier alpha value is -2.05. The van der Waals surface area contributed by atoms with Crippen LogP contribution in [0.15, 0.2) is 18.2 Å². The van der Waals surface area contributed by atoms with E-state index >= 15 is 0 Å². The number of carbonyl (C=O) groups is 2. The van der Waals surface area contributed by atoms with Gasteiger partial charge in [0.25, 0.3) is 0 Å². The van der Waals surface area contributed by atoms with E-state index in [0.29, 0.717) is 5.56 Å². The molecule has 4 nitrogen and oxygen atoms in total. The van der Waals surface area contributed by atoms with Crippen LogP contribution >= 0.6 is 0 Å². The van der Waals surface area contributed by atoms with Crippen LogP contribution in [0.3, 0.4) is 0 Å². The molecule has 1 aromatic rings. The molecule has 0 aliphatic heterocycles. The molecule has 0 saturated heterocycles. The average molecular weight is 385 g/mol. The fourth-order valence-corrected chi connectivity index (χ4v) is 2.99. The molecule has 27 heavy (non-hydrogen) atoms. The third kappa shape index (κ3) is 5.97. The Morgan fingerprint density at radius 2 is 1.85 bits per heavy atom. The number of amides is 1. The Kier molecular flexibility index (Phi) is 6.22. The van der Waals surface area contributed by atoms with E-state index in [0.717, 1.165) is 12.8 Å². The normalized spacial score (nSPS) is 16.0. The number of hydrogen-bond acceptors (Lipinski definition) is 3. The first kappa shape index (κ1) is 21.3. The molecule has 1 atom stereocenters. The largest absolute Gasteiger partial charge is 0.484 e.